The van der Waals surface area contributed by atoms with E-state index in [0.29, 0.717) is 23.9 Å². The number of fused-ring (bicyclic) bond motifs is 2. The summed E-state index contributed by atoms with van der Waals surface area (Å²) in [6.07, 6.45) is 6.87. The molecular formula is C23H32N4. The van der Waals surface area contributed by atoms with E-state index in [1.54, 1.807) is 0 Å². The van der Waals surface area contributed by atoms with Crippen LogP contribution < -0.4 is 0 Å². The summed E-state index contributed by atoms with van der Waals surface area (Å²) in [5.74, 6) is 2.16. The van der Waals surface area contributed by atoms with Crippen LogP contribution in [0, 0.1) is 11.8 Å². The van der Waals surface area contributed by atoms with E-state index in [-0.39, 0.29) is 0 Å². The van der Waals surface area contributed by atoms with Crippen LogP contribution in [0.15, 0.2) is 42.9 Å². The lowest BCUT2D eigenvalue weighted by Gasteiger charge is -2.51. The van der Waals surface area contributed by atoms with Crippen LogP contribution in [0.25, 0.3) is 0 Å². The Morgan fingerprint density at radius 3 is 2.59 bits per heavy atom. The van der Waals surface area contributed by atoms with E-state index in [2.05, 4.69) is 69.7 Å². The van der Waals surface area contributed by atoms with Gasteiger partial charge in [0.1, 0.15) is 0 Å². The zero-order valence-electron chi connectivity index (χ0n) is 16.7. The third-order valence-corrected chi connectivity index (χ3v) is 7.05. The lowest BCUT2D eigenvalue weighted by atomic mass is 9.75. The Balaban J connectivity index is 1.44. The monoisotopic (exact) mass is 364 g/mol. The van der Waals surface area contributed by atoms with Gasteiger partial charge < -0.3 is 4.57 Å². The summed E-state index contributed by atoms with van der Waals surface area (Å²) in [5.41, 5.74) is 2.91. The van der Waals surface area contributed by atoms with Gasteiger partial charge in [0, 0.05) is 43.8 Å². The molecule has 0 spiro atoms. The van der Waals surface area contributed by atoms with Gasteiger partial charge in [-0.1, -0.05) is 44.2 Å². The van der Waals surface area contributed by atoms with E-state index in [1.165, 1.54) is 43.7 Å². The zero-order chi connectivity index (χ0) is 18.4. The van der Waals surface area contributed by atoms with Crippen LogP contribution in [0.5, 0.6) is 0 Å². The minimum Gasteiger partial charge on any atom is -0.333 e. The highest BCUT2D eigenvalue weighted by atomic mass is 15.3. The molecule has 2 bridgehead atoms. The molecule has 2 aromatic rings. The summed E-state index contributed by atoms with van der Waals surface area (Å²) >= 11 is 0. The average molecular weight is 365 g/mol. The normalized spacial score (nSPS) is 32.9. The smallest absolute Gasteiger partial charge is 0.0948 e. The molecule has 4 aliphatic rings. The number of hydrogen-bond acceptors (Lipinski definition) is 3. The second-order valence-corrected chi connectivity index (χ2v) is 9.23. The Morgan fingerprint density at radius 1 is 1.07 bits per heavy atom. The van der Waals surface area contributed by atoms with Gasteiger partial charge in [0.15, 0.2) is 0 Å². The fraction of sp³-hybridized carbons (Fsp3) is 0.609. The molecule has 1 aromatic carbocycles. The zero-order valence-corrected chi connectivity index (χ0v) is 16.7. The van der Waals surface area contributed by atoms with E-state index >= 15 is 0 Å². The number of rotatable bonds is 5. The fourth-order valence-electron chi connectivity index (χ4n) is 5.96. The van der Waals surface area contributed by atoms with Crippen molar-refractivity contribution in [3.63, 3.8) is 0 Å². The topological polar surface area (TPSA) is 24.3 Å². The highest BCUT2D eigenvalue weighted by Crippen LogP contribution is 2.46. The highest BCUT2D eigenvalue weighted by Gasteiger charge is 2.53. The summed E-state index contributed by atoms with van der Waals surface area (Å²) in [6.45, 7) is 10.5. The van der Waals surface area contributed by atoms with Gasteiger partial charge in [0.05, 0.1) is 12.0 Å². The van der Waals surface area contributed by atoms with Gasteiger partial charge in [-0.05, 0) is 43.3 Å². The second kappa shape index (κ2) is 7.06. The largest absolute Gasteiger partial charge is 0.333 e. The fourth-order valence-corrected chi connectivity index (χ4v) is 5.96. The first-order valence-corrected chi connectivity index (χ1v) is 10.7. The molecule has 3 atom stereocenters. The van der Waals surface area contributed by atoms with Crippen molar-refractivity contribution in [2.45, 2.75) is 57.8 Å². The molecule has 4 fully saturated rings. The molecule has 1 aromatic heterocycles. The lowest BCUT2D eigenvalue weighted by molar-refractivity contribution is -0.00924. The Hall–Kier alpha value is -1.65. The second-order valence-electron chi connectivity index (χ2n) is 9.23. The molecule has 144 valence electrons. The predicted molar refractivity (Wildman–Crippen MR) is 109 cm³/mol. The molecule has 4 nitrogen and oxygen atoms in total. The van der Waals surface area contributed by atoms with E-state index in [9.17, 15) is 0 Å². The predicted octanol–water partition coefficient (Wildman–Crippen LogP) is 3.60. The molecule has 0 saturated carbocycles. The molecule has 6 rings (SSSR count). The minimum absolute atomic E-state index is 0.640. The van der Waals surface area contributed by atoms with Crippen LogP contribution in [0.4, 0.5) is 0 Å². The molecule has 4 saturated heterocycles. The standard InChI is InChI=1S/C23H32N4/c1-17(2)13-27-16-24-12-20(27)14-26-15-21(18-6-4-3-5-7-18)23-22(26)19-8-10-25(23)11-9-19/h3-7,12,16-17,19,21-23H,8-11,13-15H2,1-2H3/t21-,22-,23-/m1/s1. The van der Waals surface area contributed by atoms with Gasteiger partial charge >= 0.3 is 0 Å². The number of nitrogens with zero attached hydrogens (tertiary/aromatic N) is 4. The third kappa shape index (κ3) is 3.13. The van der Waals surface area contributed by atoms with Crippen molar-refractivity contribution < 1.29 is 0 Å². The number of piperidine rings is 3. The van der Waals surface area contributed by atoms with Crippen LogP contribution in [0.1, 0.15) is 43.9 Å². The van der Waals surface area contributed by atoms with E-state index in [4.69, 9.17) is 0 Å². The van der Waals surface area contributed by atoms with Crippen molar-refractivity contribution >= 4 is 0 Å². The first-order valence-electron chi connectivity index (χ1n) is 10.7. The number of likely N-dealkylation sites (tertiary alicyclic amines) is 1. The first kappa shape index (κ1) is 17.4. The van der Waals surface area contributed by atoms with Crippen molar-refractivity contribution in [3.8, 4) is 0 Å². The Bertz CT molecular complexity index is 760. The lowest BCUT2D eigenvalue weighted by Crippen LogP contribution is -2.60. The summed E-state index contributed by atoms with van der Waals surface area (Å²) < 4.78 is 2.37. The van der Waals surface area contributed by atoms with Crippen LogP contribution >= 0.6 is 0 Å². The van der Waals surface area contributed by atoms with E-state index < -0.39 is 0 Å². The van der Waals surface area contributed by atoms with Crippen molar-refractivity contribution in [2.75, 3.05) is 19.6 Å². The van der Waals surface area contributed by atoms with Gasteiger partial charge in [-0.25, -0.2) is 4.98 Å². The maximum atomic E-state index is 4.47. The summed E-state index contributed by atoms with van der Waals surface area (Å²) in [5, 5.41) is 0. The molecule has 5 heterocycles. The van der Waals surface area contributed by atoms with Gasteiger partial charge in [-0.3, -0.25) is 9.80 Å². The summed E-state index contributed by atoms with van der Waals surface area (Å²) in [6, 6.07) is 12.7. The molecule has 0 unspecified atom stereocenters. The van der Waals surface area contributed by atoms with Gasteiger partial charge in [-0.2, -0.15) is 0 Å². The van der Waals surface area contributed by atoms with Crippen LogP contribution in [-0.2, 0) is 13.1 Å². The SMILES string of the molecule is CC(C)Cn1cncc1CN1C[C@H](c2ccccc2)[C@@H]2[C@H]1C1CCN2CC1. The van der Waals surface area contributed by atoms with Crippen LogP contribution in [0.2, 0.25) is 0 Å². The average Bonchev–Trinajstić information content (AvgIpc) is 3.29. The minimum atomic E-state index is 0.640. The van der Waals surface area contributed by atoms with Crippen molar-refractivity contribution in [3.05, 3.63) is 54.1 Å². The first-order chi connectivity index (χ1) is 13.2. The maximum absolute atomic E-state index is 4.47. The Morgan fingerprint density at radius 2 is 1.85 bits per heavy atom. The molecular weight excluding hydrogens is 332 g/mol. The Kier molecular flexibility index (Phi) is 4.57. The molecule has 0 aliphatic carbocycles. The summed E-state index contributed by atoms with van der Waals surface area (Å²) in [4.78, 5) is 10.1. The highest BCUT2D eigenvalue weighted by molar-refractivity contribution is 5.27. The Labute approximate surface area is 163 Å². The van der Waals surface area contributed by atoms with Crippen molar-refractivity contribution in [2.24, 2.45) is 11.8 Å². The van der Waals surface area contributed by atoms with Crippen molar-refractivity contribution in [1.82, 2.24) is 19.4 Å². The van der Waals surface area contributed by atoms with E-state index in [1.807, 2.05) is 6.33 Å². The van der Waals surface area contributed by atoms with Crippen molar-refractivity contribution in [1.29, 1.82) is 0 Å². The molecule has 4 heteroatoms. The quantitative estimate of drug-likeness (QED) is 0.810. The number of imidazole rings is 1. The number of benzene rings is 1. The van der Waals surface area contributed by atoms with Gasteiger partial charge in [0.2, 0.25) is 0 Å². The number of hydrogen-bond donors (Lipinski definition) is 0. The third-order valence-electron chi connectivity index (χ3n) is 7.05. The molecule has 0 N–H and O–H groups in total. The van der Waals surface area contributed by atoms with Gasteiger partial charge in [-0.15, -0.1) is 0 Å². The summed E-state index contributed by atoms with van der Waals surface area (Å²) in [7, 11) is 0. The molecule has 4 aliphatic heterocycles. The number of aromatic nitrogens is 2. The van der Waals surface area contributed by atoms with Crippen LogP contribution in [-0.4, -0.2) is 51.1 Å². The molecule has 27 heavy (non-hydrogen) atoms. The van der Waals surface area contributed by atoms with Crippen LogP contribution in [0.3, 0.4) is 0 Å². The molecule has 0 radical (unpaired) electrons. The maximum Gasteiger partial charge on any atom is 0.0948 e. The molecule has 0 amide bonds. The van der Waals surface area contributed by atoms with Gasteiger partial charge in [0.25, 0.3) is 0 Å². The van der Waals surface area contributed by atoms with E-state index in [0.717, 1.165) is 19.0 Å².